The van der Waals surface area contributed by atoms with Crippen molar-refractivity contribution in [1.82, 2.24) is 5.43 Å². The van der Waals surface area contributed by atoms with Crippen molar-refractivity contribution in [1.29, 1.82) is 0 Å². The van der Waals surface area contributed by atoms with E-state index in [9.17, 15) is 9.59 Å². The van der Waals surface area contributed by atoms with Crippen LogP contribution in [0.4, 0.5) is 5.69 Å². The molecule has 2 aromatic rings. The molecule has 0 heterocycles. The molecule has 0 radical (unpaired) electrons. The molecule has 0 spiro atoms. The van der Waals surface area contributed by atoms with Crippen LogP contribution in [0.1, 0.15) is 35.1 Å². The van der Waals surface area contributed by atoms with Crippen molar-refractivity contribution in [2.75, 3.05) is 5.32 Å². The average Bonchev–Trinajstić information content (AvgIpc) is 2.57. The molecule has 0 atom stereocenters. The van der Waals surface area contributed by atoms with Gasteiger partial charge in [-0.05, 0) is 43.5 Å². The molecule has 2 rings (SSSR count). The zero-order valence-electron chi connectivity index (χ0n) is 14.8. The second-order valence-electron chi connectivity index (χ2n) is 6.02. The van der Waals surface area contributed by atoms with E-state index in [0.717, 1.165) is 27.9 Å². The molecular formula is C20H23N3O2. The first-order valence-corrected chi connectivity index (χ1v) is 8.20. The van der Waals surface area contributed by atoms with Crippen molar-refractivity contribution in [3.8, 4) is 0 Å². The van der Waals surface area contributed by atoms with Crippen LogP contribution < -0.4 is 10.7 Å². The Balaban J connectivity index is 1.77. The van der Waals surface area contributed by atoms with Gasteiger partial charge < -0.3 is 5.32 Å². The fraction of sp³-hybridized carbons (Fsp3) is 0.250. The van der Waals surface area contributed by atoms with Gasteiger partial charge in [-0.15, -0.1) is 0 Å². The molecule has 130 valence electrons. The lowest BCUT2D eigenvalue weighted by atomic mass is 10.1. The van der Waals surface area contributed by atoms with Crippen molar-refractivity contribution >= 4 is 23.7 Å². The number of rotatable bonds is 6. The van der Waals surface area contributed by atoms with Gasteiger partial charge in [-0.3, -0.25) is 9.59 Å². The quantitative estimate of drug-likeness (QED) is 0.626. The lowest BCUT2D eigenvalue weighted by molar-refractivity contribution is -0.124. The Labute approximate surface area is 148 Å². The molecule has 0 aliphatic rings. The van der Waals surface area contributed by atoms with Gasteiger partial charge in [0.05, 0.1) is 6.21 Å². The van der Waals surface area contributed by atoms with Crippen molar-refractivity contribution in [3.63, 3.8) is 0 Å². The number of carbonyl (C=O) groups excluding carboxylic acids is 2. The van der Waals surface area contributed by atoms with E-state index in [4.69, 9.17) is 0 Å². The van der Waals surface area contributed by atoms with E-state index in [0.29, 0.717) is 0 Å². The van der Waals surface area contributed by atoms with Crippen LogP contribution >= 0.6 is 0 Å². The van der Waals surface area contributed by atoms with E-state index in [1.807, 2.05) is 63.2 Å². The molecule has 0 saturated heterocycles. The van der Waals surface area contributed by atoms with Crippen LogP contribution in [0.3, 0.4) is 0 Å². The maximum Gasteiger partial charge on any atom is 0.240 e. The molecule has 0 aromatic heterocycles. The number of aryl methyl sites for hydroxylation is 3. The SMILES string of the molecule is Cc1ccc(NC(=O)CCC(=O)N/N=C/c2ccccc2C)c(C)c1. The Morgan fingerprint density at radius 1 is 0.960 bits per heavy atom. The van der Waals surface area contributed by atoms with Crippen molar-refractivity contribution in [2.24, 2.45) is 5.10 Å². The van der Waals surface area contributed by atoms with Gasteiger partial charge in [0.25, 0.3) is 0 Å². The van der Waals surface area contributed by atoms with Crippen molar-refractivity contribution < 1.29 is 9.59 Å². The van der Waals surface area contributed by atoms with E-state index in [1.54, 1.807) is 6.21 Å². The summed E-state index contributed by atoms with van der Waals surface area (Å²) in [5, 5.41) is 6.76. The fourth-order valence-corrected chi connectivity index (χ4v) is 2.35. The Hall–Kier alpha value is -2.95. The highest BCUT2D eigenvalue weighted by Gasteiger charge is 2.08. The Morgan fingerprint density at radius 2 is 1.68 bits per heavy atom. The van der Waals surface area contributed by atoms with Crippen molar-refractivity contribution in [3.05, 3.63) is 64.7 Å². The highest BCUT2D eigenvalue weighted by molar-refractivity contribution is 5.94. The normalized spacial score (nSPS) is 10.7. The lowest BCUT2D eigenvalue weighted by Crippen LogP contribution is -2.21. The Kier molecular flexibility index (Phi) is 6.46. The molecule has 5 heteroatoms. The first-order chi connectivity index (χ1) is 12.0. The van der Waals surface area contributed by atoms with Crippen LogP contribution in [0.25, 0.3) is 0 Å². The highest BCUT2D eigenvalue weighted by Crippen LogP contribution is 2.16. The van der Waals surface area contributed by atoms with Gasteiger partial charge in [0.1, 0.15) is 0 Å². The molecule has 0 fully saturated rings. The molecule has 0 unspecified atom stereocenters. The number of hydrogen-bond donors (Lipinski definition) is 2. The third kappa shape index (κ3) is 5.88. The largest absolute Gasteiger partial charge is 0.326 e. The average molecular weight is 337 g/mol. The Bertz CT molecular complexity index is 797. The Morgan fingerprint density at radius 3 is 2.40 bits per heavy atom. The minimum Gasteiger partial charge on any atom is -0.326 e. The van der Waals surface area contributed by atoms with Crippen LogP contribution in [-0.2, 0) is 9.59 Å². The number of hydrazone groups is 1. The third-order valence-electron chi connectivity index (χ3n) is 3.82. The second-order valence-corrected chi connectivity index (χ2v) is 6.02. The number of nitrogens with zero attached hydrogens (tertiary/aromatic N) is 1. The van der Waals surface area contributed by atoms with Gasteiger partial charge >= 0.3 is 0 Å². The molecule has 0 saturated carbocycles. The van der Waals surface area contributed by atoms with E-state index in [-0.39, 0.29) is 24.7 Å². The van der Waals surface area contributed by atoms with Crippen molar-refractivity contribution in [2.45, 2.75) is 33.6 Å². The summed E-state index contributed by atoms with van der Waals surface area (Å²) in [6.45, 7) is 5.91. The summed E-state index contributed by atoms with van der Waals surface area (Å²) in [4.78, 5) is 23.7. The summed E-state index contributed by atoms with van der Waals surface area (Å²) >= 11 is 0. The molecule has 2 N–H and O–H groups in total. The van der Waals surface area contributed by atoms with E-state index in [1.165, 1.54) is 0 Å². The second kappa shape index (κ2) is 8.78. The fourth-order valence-electron chi connectivity index (χ4n) is 2.35. The molecule has 25 heavy (non-hydrogen) atoms. The predicted octanol–water partition coefficient (Wildman–Crippen LogP) is 3.48. The topological polar surface area (TPSA) is 70.6 Å². The van der Waals surface area contributed by atoms with Gasteiger partial charge in [-0.1, -0.05) is 42.0 Å². The van der Waals surface area contributed by atoms with Crippen LogP contribution in [0.5, 0.6) is 0 Å². The zero-order chi connectivity index (χ0) is 18.2. The van der Waals surface area contributed by atoms with Crippen LogP contribution in [0.2, 0.25) is 0 Å². The summed E-state index contributed by atoms with van der Waals surface area (Å²) in [5.41, 5.74) is 7.38. The molecular weight excluding hydrogens is 314 g/mol. The smallest absolute Gasteiger partial charge is 0.240 e. The summed E-state index contributed by atoms with van der Waals surface area (Å²) < 4.78 is 0. The van der Waals surface area contributed by atoms with Gasteiger partial charge in [0.15, 0.2) is 0 Å². The minimum absolute atomic E-state index is 0.0852. The third-order valence-corrected chi connectivity index (χ3v) is 3.82. The monoisotopic (exact) mass is 337 g/mol. The minimum atomic E-state index is -0.291. The van der Waals surface area contributed by atoms with Crippen LogP contribution in [0, 0.1) is 20.8 Å². The molecule has 2 amide bonds. The van der Waals surface area contributed by atoms with Gasteiger partial charge in [0.2, 0.25) is 11.8 Å². The summed E-state index contributed by atoms with van der Waals surface area (Å²) in [6, 6.07) is 13.6. The maximum absolute atomic E-state index is 12.0. The molecule has 0 aliphatic carbocycles. The van der Waals surface area contributed by atoms with E-state index >= 15 is 0 Å². The summed E-state index contributed by atoms with van der Waals surface area (Å²) in [6.07, 6.45) is 1.80. The number of benzene rings is 2. The first kappa shape index (κ1) is 18.4. The molecule has 0 aliphatic heterocycles. The van der Waals surface area contributed by atoms with E-state index in [2.05, 4.69) is 15.8 Å². The van der Waals surface area contributed by atoms with Crippen LogP contribution in [-0.4, -0.2) is 18.0 Å². The predicted molar refractivity (Wildman–Crippen MR) is 101 cm³/mol. The number of carbonyl (C=O) groups is 2. The summed E-state index contributed by atoms with van der Waals surface area (Å²) in [7, 11) is 0. The van der Waals surface area contributed by atoms with Gasteiger partial charge in [0, 0.05) is 18.5 Å². The maximum atomic E-state index is 12.0. The van der Waals surface area contributed by atoms with Gasteiger partial charge in [-0.25, -0.2) is 5.43 Å². The van der Waals surface area contributed by atoms with Gasteiger partial charge in [-0.2, -0.15) is 5.10 Å². The lowest BCUT2D eigenvalue weighted by Gasteiger charge is -2.08. The standard InChI is InChI=1S/C20H23N3O2/c1-14-8-9-18(16(3)12-14)22-19(24)10-11-20(25)23-21-13-17-7-5-4-6-15(17)2/h4-9,12-13H,10-11H2,1-3H3,(H,22,24)(H,23,25)/b21-13+. The summed E-state index contributed by atoms with van der Waals surface area (Å²) in [5.74, 6) is -0.481. The zero-order valence-corrected chi connectivity index (χ0v) is 14.8. The highest BCUT2D eigenvalue weighted by atomic mass is 16.2. The molecule has 2 aromatic carbocycles. The number of anilines is 1. The van der Waals surface area contributed by atoms with E-state index < -0.39 is 0 Å². The number of amides is 2. The van der Waals surface area contributed by atoms with Crippen LogP contribution in [0.15, 0.2) is 47.6 Å². The number of nitrogens with one attached hydrogen (secondary N) is 2. The number of hydrogen-bond acceptors (Lipinski definition) is 3. The first-order valence-electron chi connectivity index (χ1n) is 8.20. The molecule has 5 nitrogen and oxygen atoms in total. The molecule has 0 bridgehead atoms.